The van der Waals surface area contributed by atoms with E-state index in [9.17, 15) is 22.8 Å². The Morgan fingerprint density at radius 1 is 1.13 bits per heavy atom. The van der Waals surface area contributed by atoms with Crippen molar-refractivity contribution in [1.29, 1.82) is 0 Å². The van der Waals surface area contributed by atoms with Gasteiger partial charge in [0.2, 0.25) is 0 Å². The van der Waals surface area contributed by atoms with Crippen molar-refractivity contribution in [1.82, 2.24) is 5.32 Å². The summed E-state index contributed by atoms with van der Waals surface area (Å²) in [6.07, 6.45) is -5.09. The number of fused-ring (bicyclic) bond motifs is 1. The molecule has 1 N–H and O–H groups in total. The van der Waals surface area contributed by atoms with Crippen LogP contribution in [0.15, 0.2) is 36.4 Å². The number of nitrogens with one attached hydrogen (secondary N) is 1. The van der Waals surface area contributed by atoms with E-state index in [1.807, 2.05) is 0 Å². The van der Waals surface area contributed by atoms with E-state index in [0.29, 0.717) is 10.9 Å². The van der Waals surface area contributed by atoms with Crippen LogP contribution >= 0.6 is 0 Å². The highest BCUT2D eigenvalue weighted by Crippen LogP contribution is 2.29. The average molecular weight is 325 g/mol. The lowest BCUT2D eigenvalue weighted by molar-refractivity contribution is -0.175. The first-order valence-electron chi connectivity index (χ1n) is 6.69. The number of hydrogen-bond acceptors (Lipinski definition) is 3. The monoisotopic (exact) mass is 325 g/mol. The Labute approximate surface area is 130 Å². The van der Waals surface area contributed by atoms with Crippen molar-refractivity contribution >= 4 is 22.6 Å². The van der Waals surface area contributed by atoms with Gasteiger partial charge in [-0.3, -0.25) is 4.79 Å². The maximum atomic E-state index is 12.5. The minimum Gasteiger partial charge on any atom is -0.467 e. The number of hydrogen-bond donors (Lipinski definition) is 1. The second kappa shape index (κ2) is 6.28. The number of benzene rings is 2. The van der Waals surface area contributed by atoms with Crippen LogP contribution in [0.25, 0.3) is 10.8 Å². The highest BCUT2D eigenvalue weighted by atomic mass is 19.4. The molecule has 0 saturated heterocycles. The number of aryl methyl sites for hydroxylation is 1. The molecule has 0 aliphatic heterocycles. The van der Waals surface area contributed by atoms with E-state index in [2.05, 4.69) is 4.74 Å². The van der Waals surface area contributed by atoms with E-state index in [4.69, 9.17) is 0 Å². The molecule has 2 rings (SSSR count). The summed E-state index contributed by atoms with van der Waals surface area (Å²) in [5, 5.41) is 3.03. The number of rotatable bonds is 3. The quantitative estimate of drug-likeness (QED) is 0.883. The zero-order chi connectivity index (χ0) is 17.2. The van der Waals surface area contributed by atoms with Crippen LogP contribution in [0.2, 0.25) is 0 Å². The van der Waals surface area contributed by atoms with Gasteiger partial charge in [-0.25, -0.2) is 4.79 Å². The van der Waals surface area contributed by atoms with Gasteiger partial charge in [-0.2, -0.15) is 13.2 Å². The fourth-order valence-corrected chi connectivity index (χ4v) is 2.37. The second-order valence-corrected chi connectivity index (χ2v) is 4.94. The second-order valence-electron chi connectivity index (χ2n) is 4.94. The molecule has 122 valence electrons. The van der Waals surface area contributed by atoms with E-state index in [1.54, 1.807) is 48.6 Å². The van der Waals surface area contributed by atoms with Crippen molar-refractivity contribution in [2.75, 3.05) is 7.11 Å². The summed E-state index contributed by atoms with van der Waals surface area (Å²) in [6, 6.07) is 8.82. The third-order valence-electron chi connectivity index (χ3n) is 3.45. The van der Waals surface area contributed by atoms with Crippen molar-refractivity contribution in [3.05, 3.63) is 47.5 Å². The molecule has 0 spiro atoms. The zero-order valence-corrected chi connectivity index (χ0v) is 12.4. The molecule has 2 aromatic carbocycles. The van der Waals surface area contributed by atoms with Crippen LogP contribution < -0.4 is 5.32 Å². The number of alkyl halides is 3. The molecule has 1 atom stereocenters. The van der Waals surface area contributed by atoms with Gasteiger partial charge in [-0.15, -0.1) is 0 Å². The molecule has 0 bridgehead atoms. The molecule has 1 unspecified atom stereocenters. The molecule has 0 aliphatic carbocycles. The molecule has 0 aliphatic rings. The van der Waals surface area contributed by atoms with Crippen LogP contribution in [0.5, 0.6) is 0 Å². The van der Waals surface area contributed by atoms with Crippen LogP contribution in [0.3, 0.4) is 0 Å². The molecular weight excluding hydrogens is 311 g/mol. The normalized spacial score (nSPS) is 12.7. The van der Waals surface area contributed by atoms with Crippen molar-refractivity contribution in [2.24, 2.45) is 0 Å². The topological polar surface area (TPSA) is 55.4 Å². The number of carbonyl (C=O) groups is 2. The maximum absolute atomic E-state index is 12.5. The third kappa shape index (κ3) is 3.44. The van der Waals surface area contributed by atoms with Gasteiger partial charge in [-0.1, -0.05) is 36.4 Å². The summed E-state index contributed by atoms with van der Waals surface area (Å²) in [5.41, 5.74) is 0.856. The Bertz CT molecular complexity index is 756. The molecule has 0 saturated carbocycles. The Morgan fingerprint density at radius 2 is 1.78 bits per heavy atom. The van der Waals surface area contributed by atoms with Gasteiger partial charge in [0.05, 0.1) is 7.11 Å². The molecule has 1 amide bonds. The Kier molecular flexibility index (Phi) is 4.58. The summed E-state index contributed by atoms with van der Waals surface area (Å²) in [4.78, 5) is 23.2. The smallest absolute Gasteiger partial charge is 0.467 e. The van der Waals surface area contributed by atoms with E-state index < -0.39 is 24.1 Å². The van der Waals surface area contributed by atoms with E-state index >= 15 is 0 Å². The standard InChI is InChI=1S/C16H14F3NO3/c1-9-7-8-10-5-3-4-6-11(10)12(9)13(14(21)23-2)20-15(22)16(17,18)19/h3-8,13H,1-2H3,(H,20,22). The number of amides is 1. The molecule has 0 radical (unpaired) electrons. The van der Waals surface area contributed by atoms with Crippen LogP contribution in [0.1, 0.15) is 17.2 Å². The van der Waals surface area contributed by atoms with Crippen molar-refractivity contribution < 1.29 is 27.5 Å². The zero-order valence-electron chi connectivity index (χ0n) is 12.4. The fraction of sp³-hybridized carbons (Fsp3) is 0.250. The summed E-state index contributed by atoms with van der Waals surface area (Å²) < 4.78 is 42.2. The van der Waals surface area contributed by atoms with Gasteiger partial charge < -0.3 is 10.1 Å². The molecule has 7 heteroatoms. The lowest BCUT2D eigenvalue weighted by Crippen LogP contribution is -2.42. The lowest BCUT2D eigenvalue weighted by Gasteiger charge is -2.21. The highest BCUT2D eigenvalue weighted by Gasteiger charge is 2.41. The Morgan fingerprint density at radius 3 is 2.39 bits per heavy atom. The summed E-state index contributed by atoms with van der Waals surface area (Å²) >= 11 is 0. The van der Waals surface area contributed by atoms with Gasteiger partial charge in [0.25, 0.3) is 0 Å². The Balaban J connectivity index is 2.58. The van der Waals surface area contributed by atoms with Gasteiger partial charge in [0.15, 0.2) is 6.04 Å². The average Bonchev–Trinajstić information content (AvgIpc) is 2.51. The number of methoxy groups -OCH3 is 1. The Hall–Kier alpha value is -2.57. The van der Waals surface area contributed by atoms with Crippen molar-refractivity contribution in [2.45, 2.75) is 19.1 Å². The van der Waals surface area contributed by atoms with Crippen LogP contribution in [0, 0.1) is 6.92 Å². The van der Waals surface area contributed by atoms with Crippen molar-refractivity contribution in [3.63, 3.8) is 0 Å². The summed E-state index contributed by atoms with van der Waals surface area (Å²) in [6.45, 7) is 1.65. The predicted octanol–water partition coefficient (Wildman–Crippen LogP) is 3.04. The number of esters is 1. The third-order valence-corrected chi connectivity index (χ3v) is 3.45. The number of carbonyl (C=O) groups excluding carboxylic acids is 2. The first kappa shape index (κ1) is 16.8. The summed E-state index contributed by atoms with van der Waals surface area (Å²) in [5.74, 6) is -3.16. The maximum Gasteiger partial charge on any atom is 0.471 e. The van der Waals surface area contributed by atoms with Gasteiger partial charge >= 0.3 is 18.1 Å². The van der Waals surface area contributed by atoms with Crippen LogP contribution in [-0.2, 0) is 14.3 Å². The molecule has 0 heterocycles. The lowest BCUT2D eigenvalue weighted by atomic mass is 9.94. The molecule has 4 nitrogen and oxygen atoms in total. The van der Waals surface area contributed by atoms with E-state index in [-0.39, 0.29) is 5.56 Å². The first-order chi connectivity index (χ1) is 10.8. The largest absolute Gasteiger partial charge is 0.471 e. The molecular formula is C16H14F3NO3. The van der Waals surface area contributed by atoms with Crippen molar-refractivity contribution in [3.8, 4) is 0 Å². The molecule has 0 aromatic heterocycles. The van der Waals surface area contributed by atoms with Gasteiger partial charge in [0, 0.05) is 0 Å². The molecule has 23 heavy (non-hydrogen) atoms. The fourth-order valence-electron chi connectivity index (χ4n) is 2.37. The molecule has 0 fully saturated rings. The summed E-state index contributed by atoms with van der Waals surface area (Å²) in [7, 11) is 1.05. The van der Waals surface area contributed by atoms with E-state index in [1.165, 1.54) is 0 Å². The first-order valence-corrected chi connectivity index (χ1v) is 6.69. The van der Waals surface area contributed by atoms with Gasteiger partial charge in [0.1, 0.15) is 0 Å². The molecule has 2 aromatic rings. The minimum atomic E-state index is -5.09. The predicted molar refractivity (Wildman–Crippen MR) is 77.6 cm³/mol. The minimum absolute atomic E-state index is 0.285. The van der Waals surface area contributed by atoms with Gasteiger partial charge in [-0.05, 0) is 28.8 Å². The highest BCUT2D eigenvalue weighted by molar-refractivity contribution is 5.95. The SMILES string of the molecule is COC(=O)C(NC(=O)C(F)(F)F)c1c(C)ccc2ccccc12. The van der Waals surface area contributed by atoms with Crippen LogP contribution in [0.4, 0.5) is 13.2 Å². The van der Waals surface area contributed by atoms with E-state index in [0.717, 1.165) is 12.5 Å². The number of ether oxygens (including phenoxy) is 1. The van der Waals surface area contributed by atoms with Crippen LogP contribution in [-0.4, -0.2) is 25.2 Å². The number of halogens is 3.